The molecule has 0 atom stereocenters. The number of aryl methyl sites for hydroxylation is 2. The molecule has 2 aromatic rings. The Hall–Kier alpha value is -2.55. The van der Waals surface area contributed by atoms with Gasteiger partial charge in [0.05, 0.1) is 6.54 Å². The fraction of sp³-hybridized carbons (Fsp3) is 0.200. The van der Waals surface area contributed by atoms with Gasteiger partial charge in [-0.3, -0.25) is 0 Å². The Labute approximate surface area is 149 Å². The predicted octanol–water partition coefficient (Wildman–Crippen LogP) is 3.28. The highest BCUT2D eigenvalue weighted by Gasteiger charge is 2.02. The van der Waals surface area contributed by atoms with Gasteiger partial charge in [-0.05, 0) is 37.1 Å². The summed E-state index contributed by atoms with van der Waals surface area (Å²) >= 11 is 0. The van der Waals surface area contributed by atoms with Gasteiger partial charge >= 0.3 is 0 Å². The van der Waals surface area contributed by atoms with Crippen LogP contribution in [-0.2, 0) is 10.0 Å². The molecule has 0 fully saturated rings. The summed E-state index contributed by atoms with van der Waals surface area (Å²) in [6.45, 7) is 4.19. The molecule has 2 rings (SSSR count). The van der Waals surface area contributed by atoms with Gasteiger partial charge in [0.25, 0.3) is 0 Å². The maximum Gasteiger partial charge on any atom is 0.234 e. The number of hydrogen-bond donors (Lipinski definition) is 1. The molecule has 1 N–H and O–H groups in total. The van der Waals surface area contributed by atoms with E-state index < -0.39 is 10.0 Å². The fourth-order valence-corrected chi connectivity index (χ4v) is 2.68. The molecule has 0 aliphatic heterocycles. The van der Waals surface area contributed by atoms with Crippen molar-refractivity contribution < 1.29 is 13.2 Å². The first-order chi connectivity index (χ1) is 12.0. The Morgan fingerprint density at radius 2 is 1.76 bits per heavy atom. The van der Waals surface area contributed by atoms with Crippen molar-refractivity contribution in [2.75, 3.05) is 13.2 Å². The van der Waals surface area contributed by atoms with Gasteiger partial charge in [0.2, 0.25) is 10.0 Å². The van der Waals surface area contributed by atoms with Crippen LogP contribution in [-0.4, -0.2) is 21.6 Å². The zero-order valence-corrected chi connectivity index (χ0v) is 15.1. The van der Waals surface area contributed by atoms with Crippen molar-refractivity contribution in [3.8, 4) is 17.6 Å². The van der Waals surface area contributed by atoms with Crippen molar-refractivity contribution in [2.45, 2.75) is 13.8 Å². The second-order valence-electron chi connectivity index (χ2n) is 5.49. The van der Waals surface area contributed by atoms with Gasteiger partial charge in [0.1, 0.15) is 12.4 Å². The lowest BCUT2D eigenvalue weighted by atomic mass is 10.2. The third kappa shape index (κ3) is 6.84. The molecule has 4 nitrogen and oxygen atoms in total. The molecule has 0 amide bonds. The van der Waals surface area contributed by atoms with Gasteiger partial charge in [-0.1, -0.05) is 59.9 Å². The van der Waals surface area contributed by atoms with Crippen molar-refractivity contribution in [3.05, 3.63) is 70.6 Å². The Balaban J connectivity index is 1.78. The van der Waals surface area contributed by atoms with Gasteiger partial charge in [0, 0.05) is 5.41 Å². The highest BCUT2D eigenvalue weighted by atomic mass is 32.2. The van der Waals surface area contributed by atoms with E-state index in [-0.39, 0.29) is 13.2 Å². The third-order valence-electron chi connectivity index (χ3n) is 3.40. The van der Waals surface area contributed by atoms with Gasteiger partial charge in [-0.25, -0.2) is 8.42 Å². The highest BCUT2D eigenvalue weighted by molar-refractivity contribution is 7.92. The molecule has 130 valence electrons. The van der Waals surface area contributed by atoms with E-state index in [9.17, 15) is 8.42 Å². The number of nitrogens with one attached hydrogen (secondary N) is 1. The smallest absolute Gasteiger partial charge is 0.234 e. The molecule has 25 heavy (non-hydrogen) atoms. The second-order valence-corrected chi connectivity index (χ2v) is 7.14. The molecule has 0 bridgehead atoms. The molecule has 0 aliphatic rings. The molecule has 0 unspecified atom stereocenters. The maximum atomic E-state index is 11.9. The lowest BCUT2D eigenvalue weighted by molar-refractivity contribution is 0.367. The number of rotatable bonds is 6. The lowest BCUT2D eigenvalue weighted by Gasteiger charge is -2.04. The molecule has 0 radical (unpaired) electrons. The van der Waals surface area contributed by atoms with E-state index in [1.807, 2.05) is 62.4 Å². The zero-order chi connectivity index (χ0) is 18.1. The number of hydrogen-bond acceptors (Lipinski definition) is 3. The molecular weight excluding hydrogens is 334 g/mol. The summed E-state index contributed by atoms with van der Waals surface area (Å²) in [5.41, 5.74) is 2.99. The summed E-state index contributed by atoms with van der Waals surface area (Å²) in [5.74, 6) is 6.30. The molecule has 0 aromatic heterocycles. The summed E-state index contributed by atoms with van der Waals surface area (Å²) in [4.78, 5) is 0. The van der Waals surface area contributed by atoms with E-state index in [1.54, 1.807) is 6.08 Å². The van der Waals surface area contributed by atoms with Crippen LogP contribution in [0.4, 0.5) is 0 Å². The molecule has 0 heterocycles. The summed E-state index contributed by atoms with van der Waals surface area (Å²) in [7, 11) is -3.51. The average molecular weight is 355 g/mol. The standard InChI is InChI=1S/C20H21NO3S/c1-17-9-11-19(12-10-17)13-16-25(22,23)21-14-5-6-15-24-20-8-4-3-7-18(20)2/h3-4,7-13,16,21H,14-15H2,1-2H3/b16-13+. The Morgan fingerprint density at radius 3 is 2.48 bits per heavy atom. The van der Waals surface area contributed by atoms with Crippen molar-refractivity contribution in [1.29, 1.82) is 0 Å². The predicted molar refractivity (Wildman–Crippen MR) is 102 cm³/mol. The molecule has 5 heteroatoms. The Kier molecular flexibility index (Phi) is 6.81. The summed E-state index contributed by atoms with van der Waals surface area (Å²) in [6.07, 6.45) is 1.55. The van der Waals surface area contributed by atoms with Crippen LogP contribution in [0, 0.1) is 25.7 Å². The number of para-hydroxylation sites is 1. The van der Waals surface area contributed by atoms with Crippen LogP contribution in [0.3, 0.4) is 0 Å². The summed E-state index contributed by atoms with van der Waals surface area (Å²) < 4.78 is 31.7. The molecule has 0 aliphatic carbocycles. The van der Waals surface area contributed by atoms with Crippen LogP contribution in [0.5, 0.6) is 5.75 Å². The first-order valence-corrected chi connectivity index (χ1v) is 9.39. The van der Waals surface area contributed by atoms with E-state index >= 15 is 0 Å². The van der Waals surface area contributed by atoms with Gasteiger partial charge < -0.3 is 4.74 Å². The van der Waals surface area contributed by atoms with Gasteiger partial charge in [-0.15, -0.1) is 0 Å². The normalized spacial score (nSPS) is 11.1. The zero-order valence-electron chi connectivity index (χ0n) is 14.3. The number of sulfonamides is 1. The van der Waals surface area contributed by atoms with E-state index in [0.717, 1.165) is 27.8 Å². The minimum Gasteiger partial charge on any atom is -0.481 e. The lowest BCUT2D eigenvalue weighted by Crippen LogP contribution is -2.21. The number of ether oxygens (including phenoxy) is 1. The van der Waals surface area contributed by atoms with Crippen LogP contribution in [0.2, 0.25) is 0 Å². The second kappa shape index (κ2) is 9.07. The molecular formula is C20H21NO3S. The van der Waals surface area contributed by atoms with Crippen LogP contribution in [0.1, 0.15) is 16.7 Å². The highest BCUT2D eigenvalue weighted by Crippen LogP contribution is 2.15. The van der Waals surface area contributed by atoms with E-state index in [4.69, 9.17) is 4.74 Å². The van der Waals surface area contributed by atoms with Crippen molar-refractivity contribution in [2.24, 2.45) is 0 Å². The molecule has 2 aromatic carbocycles. The SMILES string of the molecule is Cc1ccc(/C=C/S(=O)(=O)NCC#CCOc2ccccc2C)cc1. The molecule has 0 spiro atoms. The molecule has 0 saturated heterocycles. The Morgan fingerprint density at radius 1 is 1.04 bits per heavy atom. The maximum absolute atomic E-state index is 11.9. The van der Waals surface area contributed by atoms with Crippen LogP contribution >= 0.6 is 0 Å². The van der Waals surface area contributed by atoms with Crippen molar-refractivity contribution >= 4 is 16.1 Å². The molecule has 0 saturated carbocycles. The summed E-state index contributed by atoms with van der Waals surface area (Å²) in [6, 6.07) is 15.2. The average Bonchev–Trinajstić information content (AvgIpc) is 2.59. The van der Waals surface area contributed by atoms with Crippen LogP contribution < -0.4 is 9.46 Å². The topological polar surface area (TPSA) is 55.4 Å². The van der Waals surface area contributed by atoms with Crippen molar-refractivity contribution in [1.82, 2.24) is 4.72 Å². The largest absolute Gasteiger partial charge is 0.481 e. The first-order valence-electron chi connectivity index (χ1n) is 7.85. The monoisotopic (exact) mass is 355 g/mol. The Bertz CT molecular complexity index is 889. The fourth-order valence-electron chi connectivity index (χ4n) is 1.98. The number of benzene rings is 2. The van der Waals surface area contributed by atoms with E-state index in [2.05, 4.69) is 16.6 Å². The summed E-state index contributed by atoms with van der Waals surface area (Å²) in [5, 5.41) is 1.14. The van der Waals surface area contributed by atoms with Crippen LogP contribution in [0.25, 0.3) is 6.08 Å². The minimum absolute atomic E-state index is 0.0394. The van der Waals surface area contributed by atoms with Gasteiger partial charge in [0.15, 0.2) is 0 Å². The van der Waals surface area contributed by atoms with Gasteiger partial charge in [-0.2, -0.15) is 4.72 Å². The first kappa shape index (κ1) is 18.8. The third-order valence-corrected chi connectivity index (χ3v) is 4.44. The minimum atomic E-state index is -3.51. The quantitative estimate of drug-likeness (QED) is 0.809. The van der Waals surface area contributed by atoms with Crippen molar-refractivity contribution in [3.63, 3.8) is 0 Å². The van der Waals surface area contributed by atoms with Crippen LogP contribution in [0.15, 0.2) is 53.9 Å². The van der Waals surface area contributed by atoms with E-state index in [1.165, 1.54) is 0 Å². The van der Waals surface area contributed by atoms with E-state index in [0.29, 0.717) is 0 Å².